The van der Waals surface area contributed by atoms with Crippen molar-refractivity contribution in [3.05, 3.63) is 30.1 Å². The van der Waals surface area contributed by atoms with E-state index in [1.165, 1.54) is 0 Å². The van der Waals surface area contributed by atoms with Gasteiger partial charge < -0.3 is 5.32 Å². The molecule has 0 radical (unpaired) electrons. The molecule has 0 aromatic carbocycles. The van der Waals surface area contributed by atoms with E-state index in [0.29, 0.717) is 0 Å². The highest BCUT2D eigenvalue weighted by atomic mass is 16.2. The van der Waals surface area contributed by atoms with Crippen LogP contribution in [-0.2, 0) is 4.79 Å². The van der Waals surface area contributed by atoms with Gasteiger partial charge in [0.2, 0.25) is 5.91 Å². The number of amides is 1. The van der Waals surface area contributed by atoms with E-state index in [9.17, 15) is 4.79 Å². The molecular weight excluding hydrogens is 212 g/mol. The summed E-state index contributed by atoms with van der Waals surface area (Å²) in [6.45, 7) is 2.14. The molecule has 1 heterocycles. The molecule has 0 spiro atoms. The van der Waals surface area contributed by atoms with Gasteiger partial charge in [0, 0.05) is 12.1 Å². The zero-order valence-corrected chi connectivity index (χ0v) is 10.1. The van der Waals surface area contributed by atoms with Crippen LogP contribution in [0.4, 0.5) is 5.69 Å². The quantitative estimate of drug-likeness (QED) is 0.843. The predicted molar refractivity (Wildman–Crippen MR) is 69.5 cm³/mol. The fraction of sp³-hybridized carbons (Fsp3) is 0.429. The van der Waals surface area contributed by atoms with E-state index in [1.807, 2.05) is 18.2 Å². The molecule has 0 atom stereocenters. The van der Waals surface area contributed by atoms with Gasteiger partial charge in [-0.15, -0.1) is 0 Å². The molecule has 2 rings (SSSR count). The van der Waals surface area contributed by atoms with Crippen LogP contribution >= 0.6 is 0 Å². The van der Waals surface area contributed by atoms with E-state index in [-0.39, 0.29) is 11.8 Å². The summed E-state index contributed by atoms with van der Waals surface area (Å²) in [7, 11) is 0. The lowest BCUT2D eigenvalue weighted by Gasteiger charge is -2.06. The van der Waals surface area contributed by atoms with Gasteiger partial charge in [0.05, 0.1) is 11.4 Å². The van der Waals surface area contributed by atoms with Gasteiger partial charge in [-0.3, -0.25) is 9.78 Å². The number of nitrogens with one attached hydrogen (secondary N) is 1. The molecule has 0 saturated heterocycles. The van der Waals surface area contributed by atoms with Gasteiger partial charge in [-0.25, -0.2) is 0 Å². The largest absolute Gasteiger partial charge is 0.324 e. The van der Waals surface area contributed by atoms with Gasteiger partial charge in [0.25, 0.3) is 0 Å². The van der Waals surface area contributed by atoms with Gasteiger partial charge in [-0.2, -0.15) is 0 Å². The van der Waals surface area contributed by atoms with Crippen molar-refractivity contribution in [2.45, 2.75) is 32.6 Å². The summed E-state index contributed by atoms with van der Waals surface area (Å²) in [6.07, 6.45) is 10.0. The van der Waals surface area contributed by atoms with Crippen molar-refractivity contribution >= 4 is 17.7 Å². The van der Waals surface area contributed by atoms with Crippen LogP contribution in [0.2, 0.25) is 0 Å². The first-order chi connectivity index (χ1) is 8.31. The summed E-state index contributed by atoms with van der Waals surface area (Å²) >= 11 is 0. The highest BCUT2D eigenvalue weighted by Gasteiger charge is 2.29. The third kappa shape index (κ3) is 3.41. The molecule has 1 N–H and O–H groups in total. The van der Waals surface area contributed by atoms with Crippen molar-refractivity contribution in [2.24, 2.45) is 5.92 Å². The summed E-state index contributed by atoms with van der Waals surface area (Å²) in [5.74, 6) is 0.353. The van der Waals surface area contributed by atoms with Crippen molar-refractivity contribution in [3.63, 3.8) is 0 Å². The van der Waals surface area contributed by atoms with Crippen LogP contribution in [-0.4, -0.2) is 10.9 Å². The number of rotatable bonds is 5. The lowest BCUT2D eigenvalue weighted by atomic mass is 10.2. The minimum absolute atomic E-state index is 0.128. The topological polar surface area (TPSA) is 42.0 Å². The first-order valence-corrected chi connectivity index (χ1v) is 6.23. The van der Waals surface area contributed by atoms with Crippen molar-refractivity contribution < 1.29 is 4.79 Å². The third-order valence-electron chi connectivity index (χ3n) is 2.78. The van der Waals surface area contributed by atoms with Crippen molar-refractivity contribution in [1.29, 1.82) is 0 Å². The minimum Gasteiger partial charge on any atom is -0.324 e. The molecule has 90 valence electrons. The molecule has 1 aliphatic rings. The minimum atomic E-state index is 0.128. The molecule has 1 aromatic heterocycles. The molecule has 0 unspecified atom stereocenters. The number of carbonyl (C=O) groups is 1. The number of hydrogen-bond donors (Lipinski definition) is 1. The molecule has 0 bridgehead atoms. The maximum atomic E-state index is 11.7. The van der Waals surface area contributed by atoms with Crippen LogP contribution in [0.5, 0.6) is 0 Å². The van der Waals surface area contributed by atoms with Crippen LogP contribution < -0.4 is 5.32 Å². The second-order valence-corrected chi connectivity index (χ2v) is 4.39. The van der Waals surface area contributed by atoms with E-state index in [2.05, 4.69) is 23.3 Å². The van der Waals surface area contributed by atoms with E-state index in [0.717, 1.165) is 37.1 Å². The summed E-state index contributed by atoms with van der Waals surface area (Å²) in [5.41, 5.74) is 1.66. The zero-order chi connectivity index (χ0) is 12.1. The maximum absolute atomic E-state index is 11.7. The Hall–Kier alpha value is -1.64. The molecule has 1 aliphatic carbocycles. The number of pyridine rings is 1. The highest BCUT2D eigenvalue weighted by Crippen LogP contribution is 2.30. The SMILES string of the molecule is CCC/C=C/c1ncccc1NC(=O)C1CC1. The van der Waals surface area contributed by atoms with Crippen molar-refractivity contribution in [2.75, 3.05) is 5.32 Å². The van der Waals surface area contributed by atoms with Crippen LogP contribution in [0, 0.1) is 5.92 Å². The predicted octanol–water partition coefficient (Wildman–Crippen LogP) is 3.24. The Labute approximate surface area is 102 Å². The molecule has 17 heavy (non-hydrogen) atoms. The second-order valence-electron chi connectivity index (χ2n) is 4.39. The van der Waals surface area contributed by atoms with Gasteiger partial charge >= 0.3 is 0 Å². The van der Waals surface area contributed by atoms with Gasteiger partial charge in [0.1, 0.15) is 0 Å². The van der Waals surface area contributed by atoms with E-state index in [1.54, 1.807) is 6.20 Å². The summed E-state index contributed by atoms with van der Waals surface area (Å²) in [5, 5.41) is 2.95. The highest BCUT2D eigenvalue weighted by molar-refractivity contribution is 5.95. The maximum Gasteiger partial charge on any atom is 0.227 e. The number of unbranched alkanes of at least 4 members (excludes halogenated alkanes) is 1. The Kier molecular flexibility index (Phi) is 3.91. The number of nitrogens with zero attached hydrogens (tertiary/aromatic N) is 1. The van der Waals surface area contributed by atoms with Crippen LogP contribution in [0.25, 0.3) is 6.08 Å². The van der Waals surface area contributed by atoms with E-state index < -0.39 is 0 Å². The number of anilines is 1. The van der Waals surface area contributed by atoms with Crippen LogP contribution in [0.1, 0.15) is 38.3 Å². The summed E-state index contributed by atoms with van der Waals surface area (Å²) in [6, 6.07) is 3.75. The number of hydrogen-bond acceptors (Lipinski definition) is 2. The Morgan fingerprint density at radius 1 is 1.59 bits per heavy atom. The molecule has 1 amide bonds. The molecule has 3 nitrogen and oxygen atoms in total. The molecule has 1 saturated carbocycles. The monoisotopic (exact) mass is 230 g/mol. The average molecular weight is 230 g/mol. The van der Waals surface area contributed by atoms with Crippen LogP contribution in [0.3, 0.4) is 0 Å². The average Bonchev–Trinajstić information content (AvgIpc) is 3.15. The molecule has 1 aromatic rings. The zero-order valence-electron chi connectivity index (χ0n) is 10.1. The van der Waals surface area contributed by atoms with Crippen LogP contribution in [0.15, 0.2) is 24.4 Å². The Balaban J connectivity index is 2.06. The summed E-state index contributed by atoms with van der Waals surface area (Å²) in [4.78, 5) is 16.0. The number of aromatic nitrogens is 1. The fourth-order valence-electron chi connectivity index (χ4n) is 1.60. The Morgan fingerprint density at radius 2 is 2.41 bits per heavy atom. The fourth-order valence-corrected chi connectivity index (χ4v) is 1.60. The molecule has 3 heteroatoms. The lowest BCUT2D eigenvalue weighted by Crippen LogP contribution is -2.14. The van der Waals surface area contributed by atoms with Crippen molar-refractivity contribution in [1.82, 2.24) is 4.98 Å². The van der Waals surface area contributed by atoms with E-state index >= 15 is 0 Å². The normalized spacial score (nSPS) is 15.1. The van der Waals surface area contributed by atoms with Gasteiger partial charge in [-0.1, -0.05) is 19.4 Å². The second kappa shape index (κ2) is 5.62. The van der Waals surface area contributed by atoms with E-state index in [4.69, 9.17) is 0 Å². The number of allylic oxidation sites excluding steroid dienone is 1. The Morgan fingerprint density at radius 3 is 3.12 bits per heavy atom. The number of carbonyl (C=O) groups excluding carboxylic acids is 1. The lowest BCUT2D eigenvalue weighted by molar-refractivity contribution is -0.117. The van der Waals surface area contributed by atoms with Crippen molar-refractivity contribution in [3.8, 4) is 0 Å². The standard InChI is InChI=1S/C14H18N2O/c1-2-3-4-6-12-13(7-5-10-15-12)16-14(17)11-8-9-11/h4-7,10-11H,2-3,8-9H2,1H3,(H,16,17)/b6-4+. The first kappa shape index (κ1) is 11.8. The third-order valence-corrected chi connectivity index (χ3v) is 2.78. The summed E-state index contributed by atoms with van der Waals surface area (Å²) < 4.78 is 0. The molecular formula is C14H18N2O. The smallest absolute Gasteiger partial charge is 0.227 e. The van der Waals surface area contributed by atoms with Gasteiger partial charge in [0.15, 0.2) is 0 Å². The first-order valence-electron chi connectivity index (χ1n) is 6.23. The molecule has 0 aliphatic heterocycles. The van der Waals surface area contributed by atoms with Gasteiger partial charge in [-0.05, 0) is 37.5 Å². The molecule has 1 fully saturated rings. The Bertz CT molecular complexity index is 422.